The molecule has 1 aliphatic carbocycles. The van der Waals surface area contributed by atoms with Crippen molar-refractivity contribution >= 4 is 0 Å². The lowest BCUT2D eigenvalue weighted by Crippen LogP contribution is -2.52. The van der Waals surface area contributed by atoms with E-state index in [0.29, 0.717) is 5.41 Å². The van der Waals surface area contributed by atoms with E-state index < -0.39 is 0 Å². The van der Waals surface area contributed by atoms with Crippen molar-refractivity contribution in [1.29, 1.82) is 0 Å². The van der Waals surface area contributed by atoms with Crippen LogP contribution in [0.3, 0.4) is 0 Å². The van der Waals surface area contributed by atoms with E-state index in [1.54, 1.807) is 0 Å². The Morgan fingerprint density at radius 3 is 2.67 bits per heavy atom. The molecule has 1 saturated heterocycles. The van der Waals surface area contributed by atoms with Crippen LogP contribution in [0.25, 0.3) is 0 Å². The van der Waals surface area contributed by atoms with Crippen LogP contribution in [-0.2, 0) is 0 Å². The predicted molar refractivity (Wildman–Crippen MR) is 78.9 cm³/mol. The van der Waals surface area contributed by atoms with Crippen molar-refractivity contribution in [3.8, 4) is 0 Å². The second kappa shape index (κ2) is 5.92. The highest BCUT2D eigenvalue weighted by atomic mass is 15.2. The molecule has 0 aromatic carbocycles. The zero-order valence-corrected chi connectivity index (χ0v) is 12.8. The van der Waals surface area contributed by atoms with Crippen LogP contribution >= 0.6 is 0 Å². The van der Waals surface area contributed by atoms with Gasteiger partial charge in [0, 0.05) is 18.6 Å². The van der Waals surface area contributed by atoms with Crippen molar-refractivity contribution in [3.63, 3.8) is 0 Å². The maximum Gasteiger partial charge on any atom is 0.0252 e. The van der Waals surface area contributed by atoms with Gasteiger partial charge in [-0.2, -0.15) is 0 Å². The minimum atomic E-state index is 0.538. The largest absolute Gasteiger partial charge is 0.312 e. The Labute approximate surface area is 114 Å². The number of hydrogen-bond acceptors (Lipinski definition) is 2. The Kier molecular flexibility index (Phi) is 4.71. The lowest BCUT2D eigenvalue weighted by Gasteiger charge is -2.41. The highest BCUT2D eigenvalue weighted by molar-refractivity contribution is 4.95. The molecule has 2 fully saturated rings. The summed E-state index contributed by atoms with van der Waals surface area (Å²) in [6, 6.07) is 1.54. The molecule has 3 unspecified atom stereocenters. The number of nitrogens with zero attached hydrogens (tertiary/aromatic N) is 1. The van der Waals surface area contributed by atoms with Gasteiger partial charge >= 0.3 is 0 Å². The lowest BCUT2D eigenvalue weighted by atomic mass is 9.82. The van der Waals surface area contributed by atoms with Gasteiger partial charge in [0.2, 0.25) is 0 Å². The average Bonchev–Trinajstić information content (AvgIpc) is 2.68. The average molecular weight is 252 g/mol. The van der Waals surface area contributed by atoms with Crippen LogP contribution in [-0.4, -0.2) is 36.6 Å². The van der Waals surface area contributed by atoms with E-state index in [4.69, 9.17) is 0 Å². The number of likely N-dealkylation sites (tertiary alicyclic amines) is 1. The van der Waals surface area contributed by atoms with Crippen LogP contribution in [0.1, 0.15) is 59.8 Å². The van der Waals surface area contributed by atoms with Crippen LogP contribution in [0.4, 0.5) is 0 Å². The van der Waals surface area contributed by atoms with Crippen molar-refractivity contribution in [3.05, 3.63) is 0 Å². The Bertz CT molecular complexity index is 260. The van der Waals surface area contributed by atoms with Crippen molar-refractivity contribution in [2.24, 2.45) is 11.3 Å². The summed E-state index contributed by atoms with van der Waals surface area (Å²) < 4.78 is 0. The first-order chi connectivity index (χ1) is 8.52. The maximum absolute atomic E-state index is 3.80. The third-order valence-corrected chi connectivity index (χ3v) is 4.91. The lowest BCUT2D eigenvalue weighted by molar-refractivity contribution is 0.114. The van der Waals surface area contributed by atoms with Crippen LogP contribution < -0.4 is 5.32 Å². The number of hydrogen-bond donors (Lipinski definition) is 1. The van der Waals surface area contributed by atoms with Crippen LogP contribution in [0.2, 0.25) is 0 Å². The summed E-state index contributed by atoms with van der Waals surface area (Å²) in [5.41, 5.74) is 0.538. The molecule has 18 heavy (non-hydrogen) atoms. The SMILES string of the molecule is CCCNC1CCC(C)CC1N1CCC(C)(C)C1. The molecule has 2 heteroatoms. The summed E-state index contributed by atoms with van der Waals surface area (Å²) in [4.78, 5) is 2.78. The van der Waals surface area contributed by atoms with Crippen molar-refractivity contribution in [1.82, 2.24) is 10.2 Å². The third-order valence-electron chi connectivity index (χ3n) is 4.91. The Morgan fingerprint density at radius 2 is 2.06 bits per heavy atom. The molecule has 1 heterocycles. The van der Waals surface area contributed by atoms with Crippen molar-refractivity contribution < 1.29 is 0 Å². The minimum Gasteiger partial charge on any atom is -0.312 e. The molecule has 106 valence electrons. The number of nitrogens with one attached hydrogen (secondary N) is 1. The topological polar surface area (TPSA) is 15.3 Å². The van der Waals surface area contributed by atoms with Crippen LogP contribution in [0.15, 0.2) is 0 Å². The van der Waals surface area contributed by atoms with E-state index in [1.807, 2.05) is 0 Å². The fourth-order valence-electron chi connectivity index (χ4n) is 3.76. The number of rotatable bonds is 4. The van der Waals surface area contributed by atoms with Gasteiger partial charge < -0.3 is 5.32 Å². The van der Waals surface area contributed by atoms with Crippen molar-refractivity contribution in [2.75, 3.05) is 19.6 Å². The zero-order valence-electron chi connectivity index (χ0n) is 12.8. The fraction of sp³-hybridized carbons (Fsp3) is 1.00. The fourth-order valence-corrected chi connectivity index (χ4v) is 3.76. The first-order valence-corrected chi connectivity index (χ1v) is 7.99. The molecule has 0 aromatic rings. The molecule has 1 aliphatic heterocycles. The quantitative estimate of drug-likeness (QED) is 0.826. The summed E-state index contributed by atoms with van der Waals surface area (Å²) in [6.45, 7) is 13.4. The summed E-state index contributed by atoms with van der Waals surface area (Å²) >= 11 is 0. The van der Waals surface area contributed by atoms with E-state index in [1.165, 1.54) is 51.7 Å². The highest BCUT2D eigenvalue weighted by Crippen LogP contribution is 2.35. The standard InChI is InChI=1S/C16H32N2/c1-5-9-17-14-7-6-13(2)11-15(14)18-10-8-16(3,4)12-18/h13-15,17H,5-12H2,1-4H3. The van der Waals surface area contributed by atoms with Gasteiger partial charge in [0.15, 0.2) is 0 Å². The monoisotopic (exact) mass is 252 g/mol. The van der Waals surface area contributed by atoms with Gasteiger partial charge in [0.05, 0.1) is 0 Å². The maximum atomic E-state index is 3.80. The van der Waals surface area contributed by atoms with Crippen LogP contribution in [0.5, 0.6) is 0 Å². The third kappa shape index (κ3) is 3.48. The van der Waals surface area contributed by atoms with E-state index in [9.17, 15) is 0 Å². The van der Waals surface area contributed by atoms with Gasteiger partial charge in [0.25, 0.3) is 0 Å². The molecular formula is C16H32N2. The molecule has 1 N–H and O–H groups in total. The molecule has 2 aliphatic rings. The van der Waals surface area contributed by atoms with E-state index >= 15 is 0 Å². The van der Waals surface area contributed by atoms with Gasteiger partial charge in [-0.1, -0.05) is 27.7 Å². The minimum absolute atomic E-state index is 0.538. The Hall–Kier alpha value is -0.0800. The molecular weight excluding hydrogens is 220 g/mol. The first-order valence-electron chi connectivity index (χ1n) is 7.99. The van der Waals surface area contributed by atoms with Gasteiger partial charge in [-0.15, -0.1) is 0 Å². The normalized spacial score (nSPS) is 37.0. The van der Waals surface area contributed by atoms with Gasteiger partial charge in [-0.3, -0.25) is 4.90 Å². The molecule has 0 amide bonds. The molecule has 2 rings (SSSR count). The smallest absolute Gasteiger partial charge is 0.0252 e. The molecule has 1 saturated carbocycles. The van der Waals surface area contributed by atoms with Crippen molar-refractivity contribution in [2.45, 2.75) is 71.9 Å². The predicted octanol–water partition coefficient (Wildman–Crippen LogP) is 3.28. The van der Waals surface area contributed by atoms with E-state index in [0.717, 1.165) is 18.0 Å². The molecule has 0 aromatic heterocycles. The second-order valence-electron chi connectivity index (χ2n) is 7.43. The molecule has 0 spiro atoms. The van der Waals surface area contributed by atoms with Gasteiger partial charge in [-0.25, -0.2) is 0 Å². The summed E-state index contributed by atoms with van der Waals surface area (Å²) in [7, 11) is 0. The Morgan fingerprint density at radius 1 is 1.28 bits per heavy atom. The molecule has 0 radical (unpaired) electrons. The van der Waals surface area contributed by atoms with E-state index in [-0.39, 0.29) is 0 Å². The zero-order chi connectivity index (χ0) is 13.2. The summed E-state index contributed by atoms with van der Waals surface area (Å²) in [5, 5.41) is 3.80. The molecule has 0 bridgehead atoms. The van der Waals surface area contributed by atoms with Crippen LogP contribution in [0, 0.1) is 11.3 Å². The van der Waals surface area contributed by atoms with E-state index in [2.05, 4.69) is 37.9 Å². The molecule has 3 atom stereocenters. The second-order valence-corrected chi connectivity index (χ2v) is 7.43. The Balaban J connectivity index is 1.97. The summed E-state index contributed by atoms with van der Waals surface area (Å²) in [6.07, 6.45) is 6.82. The molecule has 2 nitrogen and oxygen atoms in total. The first kappa shape index (κ1) is 14.3. The summed E-state index contributed by atoms with van der Waals surface area (Å²) in [5.74, 6) is 0.915. The highest BCUT2D eigenvalue weighted by Gasteiger charge is 2.38. The van der Waals surface area contributed by atoms with Gasteiger partial charge in [-0.05, 0) is 56.5 Å². The van der Waals surface area contributed by atoms with Gasteiger partial charge in [0.1, 0.15) is 0 Å².